The number of carbonyl (C=O) groups excluding carboxylic acids is 1. The molecule has 0 unspecified atom stereocenters. The Kier molecular flexibility index (Phi) is 3.66. The van der Waals surface area contributed by atoms with Crippen LogP contribution in [0.15, 0.2) is 9.98 Å². The largest absolute Gasteiger partial charge is 0.366 e. The monoisotopic (exact) mass is 112 g/mol. The molecule has 0 aromatic rings. The Morgan fingerprint density at radius 2 is 1.62 bits per heavy atom. The summed E-state index contributed by atoms with van der Waals surface area (Å²) in [6.07, 6.45) is 2.82. The van der Waals surface area contributed by atoms with Crippen LogP contribution in [0.3, 0.4) is 0 Å². The lowest BCUT2D eigenvalue weighted by Gasteiger charge is -1.75. The fourth-order valence-electron chi connectivity index (χ4n) is 0.254. The van der Waals surface area contributed by atoms with E-state index in [1.54, 1.807) is 13.8 Å². The van der Waals surface area contributed by atoms with Crippen molar-refractivity contribution in [2.45, 2.75) is 13.8 Å². The van der Waals surface area contributed by atoms with Gasteiger partial charge in [0.25, 0.3) is 0 Å². The van der Waals surface area contributed by atoms with Crippen LogP contribution in [0.25, 0.3) is 0 Å². The van der Waals surface area contributed by atoms with Crippen molar-refractivity contribution in [3.63, 3.8) is 0 Å². The average Bonchev–Trinajstić information content (AvgIpc) is 1.68. The Morgan fingerprint density at radius 3 is 1.88 bits per heavy atom. The third-order valence-electron chi connectivity index (χ3n) is 0.479. The summed E-state index contributed by atoms with van der Waals surface area (Å²) in [5.41, 5.74) is 0. The van der Waals surface area contributed by atoms with Crippen molar-refractivity contribution >= 4 is 18.5 Å². The Labute approximate surface area is 48.2 Å². The lowest BCUT2D eigenvalue weighted by atomic mass is 10.8. The minimum Gasteiger partial charge on any atom is -0.244 e. The van der Waals surface area contributed by atoms with Crippen molar-refractivity contribution in [3.8, 4) is 0 Å². The molecular formula is C5H8N2O. The molecule has 0 atom stereocenters. The van der Waals surface area contributed by atoms with Gasteiger partial charge in [-0.2, -0.15) is 0 Å². The normalized spacial score (nSPS) is 11.2. The Balaban J connectivity index is 3.66. The molecule has 3 heteroatoms. The third kappa shape index (κ3) is 3.21. The molecule has 0 spiro atoms. The molecule has 0 N–H and O–H groups in total. The van der Waals surface area contributed by atoms with E-state index in [1.165, 1.54) is 12.4 Å². The highest BCUT2D eigenvalue weighted by Gasteiger charge is 1.83. The average molecular weight is 112 g/mol. The zero-order valence-corrected chi connectivity index (χ0v) is 4.96. The van der Waals surface area contributed by atoms with Gasteiger partial charge in [-0.1, -0.05) is 0 Å². The van der Waals surface area contributed by atoms with Gasteiger partial charge in [-0.15, -0.1) is 0 Å². The second kappa shape index (κ2) is 4.18. The van der Waals surface area contributed by atoms with Gasteiger partial charge in [-0.25, -0.2) is 14.8 Å². The van der Waals surface area contributed by atoms with Crippen LogP contribution in [0.4, 0.5) is 4.79 Å². The minimum atomic E-state index is -0.449. The molecule has 0 aliphatic rings. The van der Waals surface area contributed by atoms with E-state index in [2.05, 4.69) is 9.98 Å². The summed E-state index contributed by atoms with van der Waals surface area (Å²) in [4.78, 5) is 17.0. The highest BCUT2D eigenvalue weighted by molar-refractivity contribution is 5.88. The van der Waals surface area contributed by atoms with Crippen molar-refractivity contribution in [3.05, 3.63) is 0 Å². The smallest absolute Gasteiger partial charge is 0.244 e. The van der Waals surface area contributed by atoms with E-state index in [1.807, 2.05) is 0 Å². The topological polar surface area (TPSA) is 41.8 Å². The molecule has 0 saturated heterocycles. The summed E-state index contributed by atoms with van der Waals surface area (Å²) < 4.78 is 0. The van der Waals surface area contributed by atoms with Gasteiger partial charge in [0.2, 0.25) is 0 Å². The highest BCUT2D eigenvalue weighted by Crippen LogP contribution is 1.76. The Hall–Kier alpha value is -0.990. The van der Waals surface area contributed by atoms with E-state index in [0.717, 1.165) is 0 Å². The number of aliphatic imine (C=N–C) groups is 2. The van der Waals surface area contributed by atoms with Gasteiger partial charge < -0.3 is 0 Å². The van der Waals surface area contributed by atoms with E-state index in [-0.39, 0.29) is 0 Å². The van der Waals surface area contributed by atoms with E-state index < -0.39 is 6.03 Å². The molecular weight excluding hydrogens is 104 g/mol. The summed E-state index contributed by atoms with van der Waals surface area (Å²) in [5.74, 6) is 0. The van der Waals surface area contributed by atoms with Crippen molar-refractivity contribution in [1.82, 2.24) is 0 Å². The maximum atomic E-state index is 10.2. The molecule has 0 radical (unpaired) electrons. The number of hydrogen-bond donors (Lipinski definition) is 0. The predicted molar refractivity (Wildman–Crippen MR) is 33.7 cm³/mol. The van der Waals surface area contributed by atoms with Crippen LogP contribution in [0.5, 0.6) is 0 Å². The van der Waals surface area contributed by atoms with Gasteiger partial charge in [-0.3, -0.25) is 0 Å². The fraction of sp³-hybridized carbons (Fsp3) is 0.400. The maximum Gasteiger partial charge on any atom is 0.366 e. The molecule has 0 heterocycles. The quantitative estimate of drug-likeness (QED) is 0.435. The van der Waals surface area contributed by atoms with Crippen molar-refractivity contribution in [2.24, 2.45) is 9.98 Å². The highest BCUT2D eigenvalue weighted by atomic mass is 16.2. The minimum absolute atomic E-state index is 0.449. The summed E-state index contributed by atoms with van der Waals surface area (Å²) in [5, 5.41) is 0. The number of nitrogens with zero attached hydrogens (tertiary/aromatic N) is 2. The number of carbonyl (C=O) groups is 1. The van der Waals surface area contributed by atoms with Gasteiger partial charge in [0, 0.05) is 12.4 Å². The first-order valence-electron chi connectivity index (χ1n) is 2.32. The second-order valence-electron chi connectivity index (χ2n) is 1.06. The molecule has 0 aromatic carbocycles. The molecule has 3 nitrogen and oxygen atoms in total. The van der Waals surface area contributed by atoms with Crippen molar-refractivity contribution in [1.29, 1.82) is 0 Å². The number of urea groups is 1. The van der Waals surface area contributed by atoms with E-state index in [4.69, 9.17) is 0 Å². The van der Waals surface area contributed by atoms with Crippen molar-refractivity contribution < 1.29 is 4.79 Å². The molecule has 0 aliphatic heterocycles. The predicted octanol–water partition coefficient (Wildman–Crippen LogP) is 1.29. The summed E-state index contributed by atoms with van der Waals surface area (Å²) in [6, 6.07) is -0.449. The molecule has 44 valence electrons. The van der Waals surface area contributed by atoms with Crippen LogP contribution in [0.1, 0.15) is 13.8 Å². The van der Waals surface area contributed by atoms with Crippen LogP contribution in [0.2, 0.25) is 0 Å². The first-order chi connectivity index (χ1) is 3.81. The summed E-state index contributed by atoms with van der Waals surface area (Å²) in [6.45, 7) is 3.34. The van der Waals surface area contributed by atoms with Crippen LogP contribution in [-0.4, -0.2) is 18.5 Å². The lowest BCUT2D eigenvalue weighted by Crippen LogP contribution is -1.82. The molecule has 2 amide bonds. The molecule has 0 fully saturated rings. The fourth-order valence-corrected chi connectivity index (χ4v) is 0.254. The number of amides is 2. The van der Waals surface area contributed by atoms with Gasteiger partial charge >= 0.3 is 6.03 Å². The van der Waals surface area contributed by atoms with E-state index in [9.17, 15) is 4.79 Å². The van der Waals surface area contributed by atoms with Crippen LogP contribution in [-0.2, 0) is 0 Å². The van der Waals surface area contributed by atoms with Gasteiger partial charge in [0.05, 0.1) is 0 Å². The molecule has 0 saturated carbocycles. The number of hydrogen-bond acceptors (Lipinski definition) is 1. The van der Waals surface area contributed by atoms with E-state index in [0.29, 0.717) is 0 Å². The molecule has 0 aromatic heterocycles. The zero-order valence-electron chi connectivity index (χ0n) is 4.96. The van der Waals surface area contributed by atoms with Crippen LogP contribution < -0.4 is 0 Å². The Bertz CT molecular complexity index is 112. The molecule has 0 rings (SSSR count). The van der Waals surface area contributed by atoms with Crippen LogP contribution in [0, 0.1) is 0 Å². The third-order valence-corrected chi connectivity index (χ3v) is 0.479. The molecule has 0 aliphatic carbocycles. The summed E-state index contributed by atoms with van der Waals surface area (Å²) >= 11 is 0. The maximum absolute atomic E-state index is 10.2. The Morgan fingerprint density at radius 1 is 1.25 bits per heavy atom. The zero-order chi connectivity index (χ0) is 6.41. The second-order valence-corrected chi connectivity index (χ2v) is 1.06. The van der Waals surface area contributed by atoms with Gasteiger partial charge in [0.1, 0.15) is 0 Å². The SMILES string of the molecule is C/C=N/C(=O)/N=C/C. The van der Waals surface area contributed by atoms with Crippen LogP contribution >= 0.6 is 0 Å². The van der Waals surface area contributed by atoms with Crippen molar-refractivity contribution in [2.75, 3.05) is 0 Å². The molecule has 8 heavy (non-hydrogen) atoms. The van der Waals surface area contributed by atoms with E-state index >= 15 is 0 Å². The first-order valence-corrected chi connectivity index (χ1v) is 2.32. The number of rotatable bonds is 0. The molecule has 0 bridgehead atoms. The summed E-state index contributed by atoms with van der Waals surface area (Å²) in [7, 11) is 0. The lowest BCUT2D eigenvalue weighted by molar-refractivity contribution is 0.257. The standard InChI is InChI=1S/C5H8N2O/c1-3-6-5(8)7-4-2/h3-4H,1-2H3/b6-3+,7-4+. The first kappa shape index (κ1) is 7.01. The van der Waals surface area contributed by atoms with Gasteiger partial charge in [-0.05, 0) is 13.8 Å². The van der Waals surface area contributed by atoms with Gasteiger partial charge in [0.15, 0.2) is 0 Å².